The van der Waals surface area contributed by atoms with E-state index in [9.17, 15) is 75.9 Å². The molecule has 1 unspecified atom stereocenters. The highest BCUT2D eigenvalue weighted by atomic mass is 35.5. The summed E-state index contributed by atoms with van der Waals surface area (Å²) in [6, 6.07) is 2.94. The molecule has 0 saturated heterocycles. The van der Waals surface area contributed by atoms with Crippen LogP contribution in [0.2, 0.25) is 5.02 Å². The molecule has 17 nitrogen and oxygen atoms in total. The molecule has 0 radical (unpaired) electrons. The van der Waals surface area contributed by atoms with Crippen molar-refractivity contribution in [3.63, 3.8) is 0 Å². The zero-order valence-electron chi connectivity index (χ0n) is 38.6. The van der Waals surface area contributed by atoms with Crippen LogP contribution in [0.3, 0.4) is 0 Å². The minimum atomic E-state index is -5.24. The molecule has 2 aliphatic rings. The largest absolute Gasteiger partial charge is 0.435 e. The summed E-state index contributed by atoms with van der Waals surface area (Å²) in [7, 11) is -13.4. The van der Waals surface area contributed by atoms with Crippen molar-refractivity contribution in [2.75, 3.05) is 29.5 Å². The van der Waals surface area contributed by atoms with Gasteiger partial charge < -0.3 is 20.4 Å². The zero-order valence-corrected chi connectivity index (χ0v) is 41.9. The van der Waals surface area contributed by atoms with E-state index in [1.165, 1.54) is 13.8 Å². The van der Waals surface area contributed by atoms with E-state index in [0.717, 1.165) is 42.7 Å². The Hall–Kier alpha value is -5.79. The number of hydrogen-bond donors (Lipinski definition) is 4. The molecule has 2 aromatic carbocycles. The predicted octanol–water partition coefficient (Wildman–Crippen LogP) is 7.33. The van der Waals surface area contributed by atoms with Gasteiger partial charge in [-0.25, -0.2) is 35.4 Å². The number of carbonyl (C=O) groups is 2. The number of halogens is 11. The number of alkyl halides is 8. The molecule has 5 aromatic rings. The Morgan fingerprint density at radius 3 is 2.19 bits per heavy atom. The number of sulfonamides is 1. The monoisotopic (exact) mass is 1130 g/mol. The van der Waals surface area contributed by atoms with Gasteiger partial charge in [-0.3, -0.25) is 18.7 Å². The van der Waals surface area contributed by atoms with Crippen LogP contribution in [0.25, 0.3) is 22.0 Å². The van der Waals surface area contributed by atoms with Crippen molar-refractivity contribution in [2.24, 2.45) is 5.92 Å². The number of nitrogens with one attached hydrogen (secondary N) is 2. The van der Waals surface area contributed by atoms with Crippen LogP contribution in [0.4, 0.5) is 54.5 Å². The highest BCUT2D eigenvalue weighted by molar-refractivity contribution is 7.93. The van der Waals surface area contributed by atoms with E-state index in [4.69, 9.17) is 11.6 Å². The van der Waals surface area contributed by atoms with Crippen LogP contribution in [0.15, 0.2) is 42.5 Å². The number of anilines is 1. The number of hydrogen-bond acceptors (Lipinski definition) is 10. The normalized spacial score (nSPS) is 17.0. The molecule has 1 fully saturated rings. The molecule has 3 amide bonds. The predicted molar refractivity (Wildman–Crippen MR) is 245 cm³/mol. The van der Waals surface area contributed by atoms with Crippen LogP contribution >= 0.6 is 19.2 Å². The van der Waals surface area contributed by atoms with Gasteiger partial charge in [0.2, 0.25) is 15.9 Å². The number of pyridine rings is 1. The van der Waals surface area contributed by atoms with E-state index in [0.29, 0.717) is 12.3 Å². The molecule has 31 heteroatoms. The molecule has 3 heterocycles. The number of benzene rings is 2. The van der Waals surface area contributed by atoms with Crippen LogP contribution in [0.5, 0.6) is 0 Å². The third-order valence-corrected chi connectivity index (χ3v) is 16.1. The van der Waals surface area contributed by atoms with Crippen molar-refractivity contribution < 1.29 is 84.7 Å². The Kier molecular flexibility index (Phi) is 14.7. The third kappa shape index (κ3) is 11.8. The Morgan fingerprint density at radius 1 is 0.973 bits per heavy atom. The standard InChI is InChI=1S/C43H40ClF10N8O9PS2/c1-40(2,73(3,68)69)11-10-24-6-7-25(26-8-9-29(44)33-35(26)61(20-41(47,48)49)59-38(33)62(74(4,70)71)39(64)55-12-5-13-72(65,66)67)34(56-24)30(16-21-14-22(45)17-23(46)15-21)57-31(63)19-60-37-32(36(58-60)43(52,53)54)27-18-28(27)42(37,50)51/h6-9,14-15,17,27-28,30H,5,12-13,16,18-20H2,1-4H3,(H,55,64)(H,57,63)(H2,65,66,67)/t27-,28+,30?/m0/s1. The molecular weight excluding hydrogens is 1090 g/mol. The van der Waals surface area contributed by atoms with E-state index < -0.39 is 181 Å². The summed E-state index contributed by atoms with van der Waals surface area (Å²) in [5, 5.41) is 10.5. The van der Waals surface area contributed by atoms with Crippen molar-refractivity contribution in [3.05, 3.63) is 93.0 Å². The topological polar surface area (TPSA) is 236 Å². The number of carbonyl (C=O) groups excluding carboxylic acids is 2. The first-order valence-electron chi connectivity index (χ1n) is 21.5. The van der Waals surface area contributed by atoms with Gasteiger partial charge in [0.05, 0.1) is 40.1 Å². The molecule has 0 bridgehead atoms. The summed E-state index contributed by atoms with van der Waals surface area (Å²) in [5.74, 6) is -6.28. The fourth-order valence-electron chi connectivity index (χ4n) is 8.36. The first-order chi connectivity index (χ1) is 33.9. The average Bonchev–Trinajstić information content (AvgIpc) is 3.75. The van der Waals surface area contributed by atoms with Gasteiger partial charge in [0.1, 0.15) is 40.9 Å². The molecule has 1 saturated carbocycles. The summed E-state index contributed by atoms with van der Waals surface area (Å²) in [6.07, 6.45) is -11.3. The second-order valence-electron chi connectivity index (χ2n) is 18.0. The van der Waals surface area contributed by atoms with Crippen LogP contribution in [0, 0.1) is 29.4 Å². The molecule has 0 spiro atoms. The molecule has 0 aliphatic heterocycles. The number of amides is 3. The highest BCUT2D eigenvalue weighted by Gasteiger charge is 2.68. The number of sulfone groups is 1. The maximum Gasteiger partial charge on any atom is 0.435 e. The maximum atomic E-state index is 15.6. The zero-order chi connectivity index (χ0) is 55.1. The van der Waals surface area contributed by atoms with Gasteiger partial charge in [-0.05, 0) is 80.8 Å². The van der Waals surface area contributed by atoms with Gasteiger partial charge in [0, 0.05) is 41.5 Å². The fraction of sp³-hybridized carbons (Fsp3) is 0.419. The summed E-state index contributed by atoms with van der Waals surface area (Å²) < 4.78 is 209. The maximum absolute atomic E-state index is 15.6. The fourth-order valence-corrected chi connectivity index (χ4v) is 10.2. The van der Waals surface area contributed by atoms with Crippen molar-refractivity contribution >= 4 is 67.7 Å². The number of fused-ring (bicyclic) bond motifs is 4. The van der Waals surface area contributed by atoms with Crippen molar-refractivity contribution in [2.45, 2.75) is 81.2 Å². The van der Waals surface area contributed by atoms with Gasteiger partial charge in [-0.15, -0.1) is 0 Å². The lowest BCUT2D eigenvalue weighted by Gasteiger charge is -2.23. The number of rotatable bonds is 15. The molecule has 74 heavy (non-hydrogen) atoms. The molecular formula is C43H40ClF10N8O9PS2. The van der Waals surface area contributed by atoms with Gasteiger partial charge in [0.15, 0.2) is 21.3 Å². The Balaban J connectivity index is 1.46. The third-order valence-electron chi connectivity index (χ3n) is 11.9. The highest BCUT2D eigenvalue weighted by Crippen LogP contribution is 2.68. The molecule has 3 atom stereocenters. The Labute approximate surface area is 418 Å². The van der Waals surface area contributed by atoms with E-state index in [1.54, 1.807) is 0 Å². The Morgan fingerprint density at radius 2 is 1.61 bits per heavy atom. The lowest BCUT2D eigenvalue weighted by atomic mass is 9.93. The lowest BCUT2D eigenvalue weighted by Crippen LogP contribution is -2.44. The van der Waals surface area contributed by atoms with Crippen LogP contribution in [-0.4, -0.2) is 99.2 Å². The summed E-state index contributed by atoms with van der Waals surface area (Å²) in [5.41, 5.74) is -6.20. The smallest absolute Gasteiger partial charge is 0.346 e. The second kappa shape index (κ2) is 19.4. The van der Waals surface area contributed by atoms with E-state index in [2.05, 4.69) is 37.7 Å². The lowest BCUT2D eigenvalue weighted by molar-refractivity contribution is -0.143. The van der Waals surface area contributed by atoms with E-state index in [-0.39, 0.29) is 36.9 Å². The van der Waals surface area contributed by atoms with Crippen LogP contribution in [0.1, 0.15) is 72.6 Å². The first-order valence-corrected chi connectivity index (χ1v) is 27.4. The molecule has 3 aromatic heterocycles. The van der Waals surface area contributed by atoms with Gasteiger partial charge in [0.25, 0.3) is 5.92 Å². The van der Waals surface area contributed by atoms with Crippen molar-refractivity contribution in [1.29, 1.82) is 0 Å². The van der Waals surface area contributed by atoms with Gasteiger partial charge in [-0.1, -0.05) is 23.6 Å². The van der Waals surface area contributed by atoms with Crippen LogP contribution < -0.4 is 14.9 Å². The molecule has 400 valence electrons. The van der Waals surface area contributed by atoms with Crippen molar-refractivity contribution in [1.82, 2.24) is 35.2 Å². The van der Waals surface area contributed by atoms with E-state index in [1.807, 2.05) is 0 Å². The number of aromatic nitrogens is 5. The summed E-state index contributed by atoms with van der Waals surface area (Å²) in [6.45, 7) is -1.49. The Bertz CT molecular complexity index is 3440. The number of nitrogens with zero attached hydrogens (tertiary/aromatic N) is 6. The summed E-state index contributed by atoms with van der Waals surface area (Å²) in [4.78, 5) is 50.7. The van der Waals surface area contributed by atoms with Crippen molar-refractivity contribution in [3.8, 4) is 23.0 Å². The molecule has 7 rings (SSSR count). The average molecular weight is 1130 g/mol. The first kappa shape index (κ1) is 55.9. The second-order valence-corrected chi connectivity index (χ2v) is 24.6. The molecule has 2 aliphatic carbocycles. The number of urea groups is 1. The minimum Gasteiger partial charge on any atom is -0.346 e. The quantitative estimate of drug-likeness (QED) is 0.0349. The summed E-state index contributed by atoms with van der Waals surface area (Å²) >= 11 is 6.60. The van der Waals surface area contributed by atoms with E-state index >= 15 is 8.78 Å². The van der Waals surface area contributed by atoms with Crippen LogP contribution in [-0.2, 0) is 60.8 Å². The minimum absolute atomic E-state index is 0.0680. The van der Waals surface area contributed by atoms with Gasteiger partial charge >= 0.3 is 26.0 Å². The molecule has 4 N–H and O–H groups in total. The van der Waals surface area contributed by atoms with Gasteiger partial charge in [-0.2, -0.15) is 49.6 Å². The SMILES string of the molecule is CC(C)(C#Cc1ccc(-c2ccc(Cl)c3c(N(C(=O)NCCCP(=O)(O)O)S(C)(=O)=O)nn(CC(F)(F)F)c23)c(C(Cc2cc(F)cc(F)c2)NC(=O)Cn2nc(C(F)(F)F)c3c2C(F)(F)[C@@H]2C[C@H]32)n1)S(C)(=O)=O.